The van der Waals surface area contributed by atoms with E-state index in [9.17, 15) is 0 Å². The summed E-state index contributed by atoms with van der Waals surface area (Å²) in [6.07, 6.45) is 2.19. The molecule has 34 heavy (non-hydrogen) atoms. The van der Waals surface area contributed by atoms with Crippen molar-refractivity contribution in [3.8, 4) is 39.6 Å². The third-order valence-electron chi connectivity index (χ3n) is 6.42. The molecule has 2 heterocycles. The molecule has 170 valence electrons. The molecular formula is C32H31NO. The molecule has 0 radical (unpaired) electrons. The zero-order chi connectivity index (χ0) is 23.7. The summed E-state index contributed by atoms with van der Waals surface area (Å²) in [4.78, 5) is 0. The molecule has 0 fully saturated rings. The Morgan fingerprint density at radius 2 is 1.09 bits per heavy atom. The van der Waals surface area contributed by atoms with E-state index in [0.29, 0.717) is 11.8 Å². The summed E-state index contributed by atoms with van der Waals surface area (Å²) in [5.74, 6) is 2.53. The molecule has 3 aromatic carbocycles. The quantitative estimate of drug-likeness (QED) is 0.255. The van der Waals surface area contributed by atoms with Crippen LogP contribution in [0.5, 0.6) is 0 Å². The highest BCUT2D eigenvalue weighted by atomic mass is 16.3. The van der Waals surface area contributed by atoms with Crippen LogP contribution < -0.4 is 0 Å². The lowest BCUT2D eigenvalue weighted by molar-refractivity contribution is 0.597. The molecule has 0 aliphatic carbocycles. The summed E-state index contributed by atoms with van der Waals surface area (Å²) in [5, 5.41) is 0. The Labute approximate surface area is 202 Å². The van der Waals surface area contributed by atoms with Gasteiger partial charge in [-0.2, -0.15) is 0 Å². The number of hydrogen-bond donors (Lipinski definition) is 0. The van der Waals surface area contributed by atoms with Crippen molar-refractivity contribution in [3.05, 3.63) is 114 Å². The molecule has 5 rings (SSSR count). The van der Waals surface area contributed by atoms with Crippen molar-refractivity contribution in [2.75, 3.05) is 0 Å². The molecular weight excluding hydrogens is 414 g/mol. The van der Waals surface area contributed by atoms with Crippen LogP contribution in [0.2, 0.25) is 0 Å². The molecule has 0 N–H and O–H groups in total. The Morgan fingerprint density at radius 1 is 0.559 bits per heavy atom. The van der Waals surface area contributed by atoms with E-state index in [0.717, 1.165) is 22.6 Å². The Balaban J connectivity index is 1.68. The van der Waals surface area contributed by atoms with Crippen molar-refractivity contribution >= 4 is 0 Å². The van der Waals surface area contributed by atoms with Crippen molar-refractivity contribution in [1.29, 1.82) is 0 Å². The molecule has 0 unspecified atom stereocenters. The normalized spacial score (nSPS) is 11.5. The molecule has 0 aliphatic rings. The number of aromatic nitrogens is 1. The first-order valence-electron chi connectivity index (χ1n) is 12.1. The molecule has 0 saturated carbocycles. The Hall–Kier alpha value is -3.78. The maximum absolute atomic E-state index is 6.34. The molecule has 0 spiro atoms. The van der Waals surface area contributed by atoms with Gasteiger partial charge < -0.3 is 8.98 Å². The highest BCUT2D eigenvalue weighted by molar-refractivity contribution is 5.72. The summed E-state index contributed by atoms with van der Waals surface area (Å²) in [5.41, 5.74) is 8.60. The van der Waals surface area contributed by atoms with Crippen LogP contribution in [0.15, 0.2) is 108 Å². The number of hydrogen-bond acceptors (Lipinski definition) is 1. The van der Waals surface area contributed by atoms with Crippen LogP contribution in [0, 0.1) is 0 Å². The lowest BCUT2D eigenvalue weighted by Gasteiger charge is -2.24. The van der Waals surface area contributed by atoms with Gasteiger partial charge in [-0.05, 0) is 64.9 Å². The average Bonchev–Trinajstić information content (AvgIpc) is 3.54. The maximum atomic E-state index is 6.34. The molecule has 5 aromatic rings. The van der Waals surface area contributed by atoms with Gasteiger partial charge in [-0.1, -0.05) is 88.4 Å². The van der Waals surface area contributed by atoms with Crippen molar-refractivity contribution in [2.45, 2.75) is 39.5 Å². The van der Waals surface area contributed by atoms with Crippen LogP contribution in [0.4, 0.5) is 0 Å². The standard InChI is InChI=1S/C32H31NO/c1-22(2)27-20-26(31-18-17-30(34-31)25-14-9-6-10-15-25)21-28(23(3)4)32(27)33-19-11-16-29(33)24-12-7-5-8-13-24/h5-23H,1-4H3. The topological polar surface area (TPSA) is 18.1 Å². The maximum Gasteiger partial charge on any atom is 0.134 e. The molecule has 0 amide bonds. The highest BCUT2D eigenvalue weighted by Gasteiger charge is 2.21. The Bertz CT molecular complexity index is 1360. The zero-order valence-electron chi connectivity index (χ0n) is 20.3. The van der Waals surface area contributed by atoms with Crippen molar-refractivity contribution in [1.82, 2.24) is 4.57 Å². The predicted molar refractivity (Wildman–Crippen MR) is 143 cm³/mol. The van der Waals surface area contributed by atoms with Gasteiger partial charge in [-0.25, -0.2) is 0 Å². The van der Waals surface area contributed by atoms with Crippen molar-refractivity contribution in [2.24, 2.45) is 0 Å². The highest BCUT2D eigenvalue weighted by Crippen LogP contribution is 2.39. The third-order valence-corrected chi connectivity index (χ3v) is 6.42. The largest absolute Gasteiger partial charge is 0.456 e. The number of rotatable bonds is 6. The van der Waals surface area contributed by atoms with E-state index in [1.807, 2.05) is 18.2 Å². The fourth-order valence-electron chi connectivity index (χ4n) is 4.65. The molecule has 0 aliphatic heterocycles. The average molecular weight is 446 g/mol. The number of nitrogens with zero attached hydrogens (tertiary/aromatic N) is 1. The van der Waals surface area contributed by atoms with Gasteiger partial charge in [0.25, 0.3) is 0 Å². The van der Waals surface area contributed by atoms with E-state index in [1.165, 1.54) is 28.1 Å². The van der Waals surface area contributed by atoms with Crippen LogP contribution in [0.1, 0.15) is 50.7 Å². The molecule has 0 saturated heterocycles. The van der Waals surface area contributed by atoms with E-state index in [2.05, 4.69) is 117 Å². The Morgan fingerprint density at radius 3 is 1.65 bits per heavy atom. The monoisotopic (exact) mass is 445 g/mol. The molecule has 2 nitrogen and oxygen atoms in total. The van der Waals surface area contributed by atoms with E-state index in [1.54, 1.807) is 0 Å². The van der Waals surface area contributed by atoms with Crippen molar-refractivity contribution in [3.63, 3.8) is 0 Å². The van der Waals surface area contributed by atoms with Crippen LogP contribution in [0.25, 0.3) is 39.6 Å². The van der Waals surface area contributed by atoms with Gasteiger partial charge >= 0.3 is 0 Å². The van der Waals surface area contributed by atoms with Gasteiger partial charge in [0, 0.05) is 17.3 Å². The predicted octanol–water partition coefficient (Wildman–Crippen LogP) is 9.32. The van der Waals surface area contributed by atoms with Gasteiger partial charge in [0.05, 0.1) is 11.4 Å². The minimum absolute atomic E-state index is 0.363. The van der Waals surface area contributed by atoms with Crippen LogP contribution >= 0.6 is 0 Å². The SMILES string of the molecule is CC(C)c1cc(-c2ccc(-c3ccccc3)o2)cc(C(C)C)c1-n1cccc1-c1ccccc1. The van der Waals surface area contributed by atoms with E-state index < -0.39 is 0 Å². The zero-order valence-corrected chi connectivity index (χ0v) is 20.3. The summed E-state index contributed by atoms with van der Waals surface area (Å²) < 4.78 is 8.70. The fraction of sp³-hybridized carbons (Fsp3) is 0.188. The Kier molecular flexibility index (Phi) is 5.98. The first-order valence-corrected chi connectivity index (χ1v) is 12.1. The lowest BCUT2D eigenvalue weighted by atomic mass is 9.89. The second-order valence-electron chi connectivity index (χ2n) is 9.47. The van der Waals surface area contributed by atoms with Gasteiger partial charge in [-0.15, -0.1) is 0 Å². The van der Waals surface area contributed by atoms with Crippen LogP contribution in [-0.4, -0.2) is 4.57 Å². The van der Waals surface area contributed by atoms with E-state index in [4.69, 9.17) is 4.42 Å². The molecule has 0 bridgehead atoms. The minimum atomic E-state index is 0.363. The summed E-state index contributed by atoms with van der Waals surface area (Å²) >= 11 is 0. The van der Waals surface area contributed by atoms with E-state index in [-0.39, 0.29) is 0 Å². The van der Waals surface area contributed by atoms with Gasteiger partial charge in [-0.3, -0.25) is 0 Å². The second-order valence-corrected chi connectivity index (χ2v) is 9.47. The summed E-state index contributed by atoms with van der Waals surface area (Å²) in [6.45, 7) is 9.10. The number of furan rings is 1. The first kappa shape index (κ1) is 22.0. The van der Waals surface area contributed by atoms with E-state index >= 15 is 0 Å². The van der Waals surface area contributed by atoms with Gasteiger partial charge in [0.2, 0.25) is 0 Å². The summed E-state index contributed by atoms with van der Waals surface area (Å²) in [7, 11) is 0. The molecule has 0 atom stereocenters. The second kappa shape index (κ2) is 9.23. The van der Waals surface area contributed by atoms with Gasteiger partial charge in [0.1, 0.15) is 11.5 Å². The minimum Gasteiger partial charge on any atom is -0.456 e. The first-order chi connectivity index (χ1) is 16.5. The van der Waals surface area contributed by atoms with Crippen LogP contribution in [-0.2, 0) is 0 Å². The molecule has 2 aromatic heterocycles. The van der Waals surface area contributed by atoms with Gasteiger partial charge in [0.15, 0.2) is 0 Å². The van der Waals surface area contributed by atoms with Crippen LogP contribution in [0.3, 0.4) is 0 Å². The summed E-state index contributed by atoms with van der Waals surface area (Å²) in [6, 6.07) is 34.1. The smallest absolute Gasteiger partial charge is 0.134 e. The van der Waals surface area contributed by atoms with Crippen molar-refractivity contribution < 1.29 is 4.42 Å². The third kappa shape index (κ3) is 4.12. The number of benzene rings is 3. The lowest BCUT2D eigenvalue weighted by Crippen LogP contribution is -2.08. The molecule has 2 heteroatoms. The fourth-order valence-corrected chi connectivity index (χ4v) is 4.65.